The number of urea groups is 1. The smallest absolute Gasteiger partial charge is 0.297 e. The number of hydrogen-bond acceptors (Lipinski definition) is 4. The van der Waals surface area contributed by atoms with Gasteiger partial charge in [0.05, 0.1) is 11.0 Å². The zero-order valence-corrected chi connectivity index (χ0v) is 13.9. The van der Waals surface area contributed by atoms with Gasteiger partial charge in [-0.3, -0.25) is 24.9 Å². The maximum atomic E-state index is 12.4. The Labute approximate surface area is 148 Å². The Morgan fingerprint density at radius 2 is 1.92 bits per heavy atom. The fourth-order valence-electron chi connectivity index (χ4n) is 2.96. The van der Waals surface area contributed by atoms with E-state index in [2.05, 4.69) is 15.7 Å². The van der Waals surface area contributed by atoms with E-state index < -0.39 is 17.8 Å². The monoisotopic (exact) mass is 349 g/mol. The fraction of sp³-hybridized carbons (Fsp3) is 0.111. The van der Waals surface area contributed by atoms with E-state index in [0.717, 1.165) is 22.0 Å². The summed E-state index contributed by atoms with van der Waals surface area (Å²) in [7, 11) is 0. The molecule has 8 heteroatoms. The lowest BCUT2D eigenvalue weighted by atomic mass is 10.2. The summed E-state index contributed by atoms with van der Waals surface area (Å²) in [5.74, 6) is -0.139. The second kappa shape index (κ2) is 5.99. The highest BCUT2D eigenvalue weighted by molar-refractivity contribution is 6.04. The number of benzene rings is 2. The van der Waals surface area contributed by atoms with Crippen molar-refractivity contribution in [3.63, 3.8) is 0 Å². The van der Waals surface area contributed by atoms with Crippen LogP contribution in [0.5, 0.6) is 0 Å². The van der Waals surface area contributed by atoms with Crippen molar-refractivity contribution >= 4 is 28.9 Å². The van der Waals surface area contributed by atoms with Gasteiger partial charge in [0.2, 0.25) is 5.91 Å². The maximum absolute atomic E-state index is 12.4. The Kier molecular flexibility index (Phi) is 3.65. The summed E-state index contributed by atoms with van der Waals surface area (Å²) in [5.41, 5.74) is 5.29. The molecule has 0 atom stereocenters. The van der Waals surface area contributed by atoms with Crippen molar-refractivity contribution in [2.24, 2.45) is 0 Å². The number of fused-ring (bicyclic) bond motifs is 1. The lowest BCUT2D eigenvalue weighted by Gasteiger charge is -2.14. The number of aromatic nitrogens is 2. The van der Waals surface area contributed by atoms with Crippen LogP contribution in [0.4, 0.5) is 4.79 Å². The Morgan fingerprint density at radius 3 is 2.62 bits per heavy atom. The molecule has 1 saturated heterocycles. The average molecular weight is 349 g/mol. The highest BCUT2D eigenvalue weighted by Gasteiger charge is 2.28. The predicted molar refractivity (Wildman–Crippen MR) is 93.5 cm³/mol. The third-order valence-electron chi connectivity index (χ3n) is 4.13. The number of imide groups is 1. The number of imidazole rings is 1. The van der Waals surface area contributed by atoms with Crippen LogP contribution >= 0.6 is 0 Å². The first-order valence-electron chi connectivity index (χ1n) is 8.00. The summed E-state index contributed by atoms with van der Waals surface area (Å²) < 4.78 is 2.00. The number of nitrogens with one attached hydrogen (secondary N) is 2. The molecule has 8 nitrogen and oxygen atoms in total. The maximum Gasteiger partial charge on any atom is 0.343 e. The van der Waals surface area contributed by atoms with Gasteiger partial charge in [0.25, 0.3) is 5.91 Å². The molecular formula is C18H15N5O3. The van der Waals surface area contributed by atoms with Gasteiger partial charge in [-0.05, 0) is 37.3 Å². The van der Waals surface area contributed by atoms with E-state index in [1.165, 1.54) is 0 Å². The highest BCUT2D eigenvalue weighted by atomic mass is 16.2. The lowest BCUT2D eigenvalue weighted by molar-refractivity contribution is -0.118. The second-order valence-corrected chi connectivity index (χ2v) is 5.91. The molecule has 130 valence electrons. The van der Waals surface area contributed by atoms with E-state index in [1.807, 2.05) is 47.9 Å². The van der Waals surface area contributed by atoms with Crippen LogP contribution in [0.1, 0.15) is 16.2 Å². The van der Waals surface area contributed by atoms with E-state index >= 15 is 0 Å². The van der Waals surface area contributed by atoms with Crippen LogP contribution < -0.4 is 10.7 Å². The molecule has 3 aromatic rings. The number of nitrogens with zero attached hydrogens (tertiary/aromatic N) is 3. The molecule has 2 aromatic carbocycles. The van der Waals surface area contributed by atoms with Crippen molar-refractivity contribution < 1.29 is 14.4 Å². The number of rotatable bonds is 3. The molecule has 0 unspecified atom stereocenters. The number of carbonyl (C=O) groups excluding carboxylic acids is 3. The Morgan fingerprint density at radius 1 is 1.15 bits per heavy atom. The molecular weight excluding hydrogens is 334 g/mol. The van der Waals surface area contributed by atoms with Crippen molar-refractivity contribution in [3.05, 3.63) is 59.9 Å². The predicted octanol–water partition coefficient (Wildman–Crippen LogP) is 1.53. The Hall–Kier alpha value is -3.68. The van der Waals surface area contributed by atoms with Crippen molar-refractivity contribution in [1.82, 2.24) is 25.3 Å². The molecule has 0 spiro atoms. The van der Waals surface area contributed by atoms with Crippen molar-refractivity contribution in [2.75, 3.05) is 6.54 Å². The first-order chi connectivity index (χ1) is 12.5. The van der Waals surface area contributed by atoms with Gasteiger partial charge in [-0.15, -0.1) is 0 Å². The summed E-state index contributed by atoms with van der Waals surface area (Å²) in [5, 5.41) is 3.05. The molecule has 0 radical (unpaired) electrons. The van der Waals surface area contributed by atoms with Gasteiger partial charge < -0.3 is 0 Å². The molecule has 1 aliphatic heterocycles. The molecule has 0 aliphatic carbocycles. The lowest BCUT2D eigenvalue weighted by Crippen LogP contribution is -2.44. The molecule has 0 bridgehead atoms. The summed E-state index contributed by atoms with van der Waals surface area (Å²) in [6.45, 7) is 1.70. The van der Waals surface area contributed by atoms with Crippen LogP contribution in [0.3, 0.4) is 0 Å². The zero-order chi connectivity index (χ0) is 18.3. The molecule has 1 fully saturated rings. The van der Waals surface area contributed by atoms with Gasteiger partial charge in [-0.25, -0.2) is 14.8 Å². The van der Waals surface area contributed by atoms with E-state index in [1.54, 1.807) is 12.1 Å². The molecule has 1 aliphatic rings. The quantitative estimate of drug-likeness (QED) is 0.701. The minimum absolute atomic E-state index is 0.200. The second-order valence-electron chi connectivity index (χ2n) is 5.91. The van der Waals surface area contributed by atoms with Gasteiger partial charge in [-0.2, -0.15) is 0 Å². The van der Waals surface area contributed by atoms with Crippen LogP contribution in [0.25, 0.3) is 16.7 Å². The van der Waals surface area contributed by atoms with E-state index in [0.29, 0.717) is 11.1 Å². The van der Waals surface area contributed by atoms with Gasteiger partial charge in [0, 0.05) is 11.3 Å². The Balaban J connectivity index is 1.65. The van der Waals surface area contributed by atoms with E-state index in [-0.39, 0.29) is 6.54 Å². The number of hydrazine groups is 1. The number of para-hydroxylation sites is 1. The normalized spacial score (nSPS) is 14.0. The van der Waals surface area contributed by atoms with Gasteiger partial charge in [-0.1, -0.05) is 18.2 Å². The SMILES string of the molecule is Cc1nc2cc(C(=O)NN3CC(=O)NC3=O)ccc2n1-c1ccccc1. The van der Waals surface area contributed by atoms with Crippen LogP contribution in [0, 0.1) is 6.92 Å². The summed E-state index contributed by atoms with van der Waals surface area (Å²) in [6, 6.07) is 14.3. The third-order valence-corrected chi connectivity index (χ3v) is 4.13. The molecule has 2 heterocycles. The number of aryl methyl sites for hydroxylation is 1. The standard InChI is InChI=1S/C18H15N5O3/c1-11-19-14-9-12(17(25)21-22-10-16(24)20-18(22)26)7-8-15(14)23(11)13-5-3-2-4-6-13/h2-9H,10H2,1H3,(H,21,25)(H,20,24,26). The largest absolute Gasteiger partial charge is 0.343 e. The minimum Gasteiger partial charge on any atom is -0.297 e. The molecule has 4 amide bonds. The molecule has 1 aromatic heterocycles. The van der Waals surface area contributed by atoms with Crippen molar-refractivity contribution in [3.8, 4) is 5.69 Å². The van der Waals surface area contributed by atoms with E-state index in [9.17, 15) is 14.4 Å². The third kappa shape index (κ3) is 2.67. The van der Waals surface area contributed by atoms with Crippen LogP contribution in [-0.4, -0.2) is 39.0 Å². The minimum atomic E-state index is -0.645. The van der Waals surface area contributed by atoms with Crippen molar-refractivity contribution in [2.45, 2.75) is 6.92 Å². The van der Waals surface area contributed by atoms with Gasteiger partial charge in [0.15, 0.2) is 0 Å². The molecule has 0 saturated carbocycles. The van der Waals surface area contributed by atoms with Gasteiger partial charge >= 0.3 is 6.03 Å². The van der Waals surface area contributed by atoms with Gasteiger partial charge in [0.1, 0.15) is 12.4 Å². The topological polar surface area (TPSA) is 96.3 Å². The molecule has 26 heavy (non-hydrogen) atoms. The van der Waals surface area contributed by atoms with Crippen LogP contribution in [0.2, 0.25) is 0 Å². The fourth-order valence-corrected chi connectivity index (χ4v) is 2.96. The summed E-state index contributed by atoms with van der Waals surface area (Å²) in [4.78, 5) is 39.6. The number of hydrogen-bond donors (Lipinski definition) is 2. The number of amides is 4. The first kappa shape index (κ1) is 15.8. The summed E-state index contributed by atoms with van der Waals surface area (Å²) in [6.07, 6.45) is 0. The molecule has 4 rings (SSSR count). The average Bonchev–Trinajstić information content (AvgIpc) is 3.12. The highest BCUT2D eigenvalue weighted by Crippen LogP contribution is 2.22. The van der Waals surface area contributed by atoms with Crippen LogP contribution in [0.15, 0.2) is 48.5 Å². The zero-order valence-electron chi connectivity index (χ0n) is 13.9. The molecule has 2 N–H and O–H groups in total. The van der Waals surface area contributed by atoms with E-state index in [4.69, 9.17) is 0 Å². The van der Waals surface area contributed by atoms with Crippen molar-refractivity contribution in [1.29, 1.82) is 0 Å². The Bertz CT molecular complexity index is 1040. The summed E-state index contributed by atoms with van der Waals surface area (Å²) >= 11 is 0. The van der Waals surface area contributed by atoms with Crippen LogP contribution in [-0.2, 0) is 4.79 Å². The number of carbonyl (C=O) groups is 3. The first-order valence-corrected chi connectivity index (χ1v) is 8.00.